The summed E-state index contributed by atoms with van der Waals surface area (Å²) in [7, 11) is 2.99. The Balaban J connectivity index is 1.72. The molecule has 3 heterocycles. The van der Waals surface area contributed by atoms with Crippen molar-refractivity contribution in [3.8, 4) is 9.88 Å². The Kier molecular flexibility index (Phi) is 5.00. The molecule has 0 aromatic carbocycles. The smallest absolute Gasteiger partial charge is 0.341 e. The molecule has 0 saturated carbocycles. The van der Waals surface area contributed by atoms with Crippen molar-refractivity contribution in [3.63, 3.8) is 0 Å². The van der Waals surface area contributed by atoms with E-state index in [0.29, 0.717) is 22.8 Å². The number of hydrogen-bond donors (Lipinski definition) is 0. The van der Waals surface area contributed by atoms with Gasteiger partial charge in [0.15, 0.2) is 0 Å². The summed E-state index contributed by atoms with van der Waals surface area (Å²) in [6, 6.07) is 5.53. The Morgan fingerprint density at radius 3 is 2.84 bits per heavy atom. The van der Waals surface area contributed by atoms with Crippen molar-refractivity contribution < 1.29 is 18.7 Å². The molecule has 130 valence electrons. The highest BCUT2D eigenvalue weighted by Crippen LogP contribution is 2.28. The Labute approximate surface area is 152 Å². The number of thiophene rings is 1. The third-order valence-corrected chi connectivity index (χ3v) is 5.45. The van der Waals surface area contributed by atoms with Crippen LogP contribution >= 0.6 is 22.7 Å². The molecule has 0 aliphatic rings. The molecule has 3 aromatic rings. The maximum absolute atomic E-state index is 12.6. The average Bonchev–Trinajstić information content (AvgIpc) is 3.33. The van der Waals surface area contributed by atoms with Crippen LogP contribution in [-0.4, -0.2) is 35.9 Å². The topological polar surface area (TPSA) is 72.6 Å². The van der Waals surface area contributed by atoms with E-state index in [-0.39, 0.29) is 12.5 Å². The molecule has 0 atom stereocenters. The fourth-order valence-electron chi connectivity index (χ4n) is 2.32. The predicted octanol–water partition coefficient (Wildman–Crippen LogP) is 3.83. The van der Waals surface area contributed by atoms with E-state index in [2.05, 4.69) is 4.98 Å². The highest BCUT2D eigenvalue weighted by atomic mass is 32.1. The Morgan fingerprint density at radius 2 is 2.16 bits per heavy atom. The molecule has 0 unspecified atom stereocenters. The lowest BCUT2D eigenvalue weighted by Gasteiger charge is -2.13. The van der Waals surface area contributed by atoms with Gasteiger partial charge in [-0.2, -0.15) is 0 Å². The van der Waals surface area contributed by atoms with Gasteiger partial charge in [-0.05, 0) is 24.4 Å². The second-order valence-electron chi connectivity index (χ2n) is 5.35. The monoisotopic (exact) mass is 376 g/mol. The number of methoxy groups -OCH3 is 1. The first kappa shape index (κ1) is 17.4. The van der Waals surface area contributed by atoms with E-state index in [1.54, 1.807) is 36.8 Å². The number of aryl methyl sites for hydroxylation is 1. The molecule has 0 fully saturated rings. The molecule has 0 N–H and O–H groups in total. The highest BCUT2D eigenvalue weighted by molar-refractivity contribution is 7.20. The van der Waals surface area contributed by atoms with Crippen molar-refractivity contribution in [3.05, 3.63) is 51.7 Å². The maximum atomic E-state index is 12.6. The summed E-state index contributed by atoms with van der Waals surface area (Å²) >= 11 is 3.03. The molecule has 0 saturated heterocycles. The van der Waals surface area contributed by atoms with Gasteiger partial charge in [-0.3, -0.25) is 4.79 Å². The van der Waals surface area contributed by atoms with Gasteiger partial charge in [-0.25, -0.2) is 9.78 Å². The van der Waals surface area contributed by atoms with Gasteiger partial charge in [0.25, 0.3) is 5.91 Å². The third-order valence-electron chi connectivity index (χ3n) is 3.57. The van der Waals surface area contributed by atoms with Gasteiger partial charge in [0.1, 0.15) is 27.8 Å². The summed E-state index contributed by atoms with van der Waals surface area (Å²) < 4.78 is 10.3. The van der Waals surface area contributed by atoms with E-state index in [0.717, 1.165) is 9.88 Å². The van der Waals surface area contributed by atoms with Crippen LogP contribution in [0.25, 0.3) is 9.88 Å². The van der Waals surface area contributed by atoms with Gasteiger partial charge < -0.3 is 14.1 Å². The molecule has 0 bridgehead atoms. The minimum absolute atomic E-state index is 0.201. The SMILES string of the molecule is COC(=O)c1cc(CN(C)C(=O)c2csc(-c3cccs3)n2)oc1C. The van der Waals surface area contributed by atoms with Crippen LogP contribution in [0.3, 0.4) is 0 Å². The van der Waals surface area contributed by atoms with Crippen molar-refractivity contribution in [2.75, 3.05) is 14.2 Å². The number of nitrogens with zero attached hydrogens (tertiary/aromatic N) is 2. The number of ether oxygens (including phenoxy) is 1. The minimum Gasteiger partial charge on any atom is -0.465 e. The standard InChI is InChI=1S/C17H16N2O4S2/c1-10-12(17(21)22-3)7-11(23-10)8-19(2)16(20)13-9-25-15(18-13)14-5-4-6-24-14/h4-7,9H,8H2,1-3H3. The zero-order chi connectivity index (χ0) is 18.0. The van der Waals surface area contributed by atoms with Crippen LogP contribution < -0.4 is 0 Å². The first-order valence-electron chi connectivity index (χ1n) is 7.42. The zero-order valence-corrected chi connectivity index (χ0v) is 15.6. The molecular weight excluding hydrogens is 360 g/mol. The van der Waals surface area contributed by atoms with Crippen LogP contribution in [0.2, 0.25) is 0 Å². The van der Waals surface area contributed by atoms with E-state index in [1.807, 2.05) is 17.5 Å². The summed E-state index contributed by atoms with van der Waals surface area (Å²) in [6.07, 6.45) is 0. The molecule has 1 amide bonds. The molecule has 0 radical (unpaired) electrons. The average molecular weight is 376 g/mol. The molecule has 3 aromatic heterocycles. The first-order chi connectivity index (χ1) is 12.0. The lowest BCUT2D eigenvalue weighted by atomic mass is 10.2. The summed E-state index contributed by atoms with van der Waals surface area (Å²) in [6.45, 7) is 1.92. The molecule has 0 spiro atoms. The maximum Gasteiger partial charge on any atom is 0.341 e. The van der Waals surface area contributed by atoms with Crippen molar-refractivity contribution in [1.29, 1.82) is 0 Å². The normalized spacial score (nSPS) is 10.7. The van der Waals surface area contributed by atoms with Crippen molar-refractivity contribution in [2.45, 2.75) is 13.5 Å². The largest absolute Gasteiger partial charge is 0.465 e. The van der Waals surface area contributed by atoms with Gasteiger partial charge in [0.05, 0.1) is 18.5 Å². The molecule has 25 heavy (non-hydrogen) atoms. The fourth-order valence-corrected chi connectivity index (χ4v) is 3.93. The van der Waals surface area contributed by atoms with E-state index >= 15 is 0 Å². The first-order valence-corrected chi connectivity index (χ1v) is 9.18. The Morgan fingerprint density at radius 1 is 1.36 bits per heavy atom. The number of rotatable bonds is 5. The predicted molar refractivity (Wildman–Crippen MR) is 96.0 cm³/mol. The molecular formula is C17H16N2O4S2. The number of aromatic nitrogens is 1. The van der Waals surface area contributed by atoms with Gasteiger partial charge in [0.2, 0.25) is 0 Å². The van der Waals surface area contributed by atoms with Gasteiger partial charge >= 0.3 is 5.97 Å². The summed E-state index contributed by atoms with van der Waals surface area (Å²) in [5.74, 6) is 0.327. The number of hydrogen-bond acceptors (Lipinski definition) is 7. The quantitative estimate of drug-likeness (QED) is 0.633. The molecule has 0 aliphatic carbocycles. The Bertz CT molecular complexity index is 896. The molecule has 6 nitrogen and oxygen atoms in total. The Hall–Kier alpha value is -2.45. The summed E-state index contributed by atoms with van der Waals surface area (Å²) in [4.78, 5) is 31.1. The minimum atomic E-state index is -0.457. The number of furan rings is 1. The van der Waals surface area contributed by atoms with E-state index < -0.39 is 5.97 Å². The molecule has 3 rings (SSSR count). The fraction of sp³-hybridized carbons (Fsp3) is 0.235. The zero-order valence-electron chi connectivity index (χ0n) is 13.9. The van der Waals surface area contributed by atoms with E-state index in [9.17, 15) is 9.59 Å². The van der Waals surface area contributed by atoms with Crippen LogP contribution in [0, 0.1) is 6.92 Å². The van der Waals surface area contributed by atoms with Crippen LogP contribution in [0.1, 0.15) is 32.4 Å². The van der Waals surface area contributed by atoms with Crippen LogP contribution in [-0.2, 0) is 11.3 Å². The number of carbonyl (C=O) groups excluding carboxylic acids is 2. The summed E-state index contributed by atoms with van der Waals surface area (Å²) in [5.41, 5.74) is 0.763. The van der Waals surface area contributed by atoms with Crippen LogP contribution in [0.4, 0.5) is 0 Å². The lowest BCUT2D eigenvalue weighted by Crippen LogP contribution is -2.26. The number of amides is 1. The summed E-state index contributed by atoms with van der Waals surface area (Å²) in [5, 5.41) is 4.55. The van der Waals surface area contributed by atoms with Gasteiger partial charge in [-0.15, -0.1) is 22.7 Å². The number of esters is 1. The lowest BCUT2D eigenvalue weighted by molar-refractivity contribution is 0.0598. The molecule has 0 aliphatic heterocycles. The second kappa shape index (κ2) is 7.20. The van der Waals surface area contributed by atoms with Gasteiger partial charge in [-0.1, -0.05) is 6.07 Å². The van der Waals surface area contributed by atoms with Gasteiger partial charge in [0, 0.05) is 12.4 Å². The second-order valence-corrected chi connectivity index (χ2v) is 7.16. The third kappa shape index (κ3) is 3.64. The van der Waals surface area contributed by atoms with Crippen molar-refractivity contribution in [1.82, 2.24) is 9.88 Å². The number of thiazole rings is 1. The van der Waals surface area contributed by atoms with Crippen LogP contribution in [0.5, 0.6) is 0 Å². The van der Waals surface area contributed by atoms with Crippen LogP contribution in [0.15, 0.2) is 33.4 Å². The van der Waals surface area contributed by atoms with Crippen molar-refractivity contribution in [2.24, 2.45) is 0 Å². The number of carbonyl (C=O) groups is 2. The van der Waals surface area contributed by atoms with E-state index in [1.165, 1.54) is 23.3 Å². The molecule has 8 heteroatoms. The van der Waals surface area contributed by atoms with Crippen molar-refractivity contribution >= 4 is 34.6 Å². The highest BCUT2D eigenvalue weighted by Gasteiger charge is 2.20. The van der Waals surface area contributed by atoms with E-state index in [4.69, 9.17) is 9.15 Å².